The van der Waals surface area contributed by atoms with Gasteiger partial charge in [-0.1, -0.05) is 18.2 Å². The Morgan fingerprint density at radius 1 is 1.00 bits per heavy atom. The maximum absolute atomic E-state index is 12.4. The third-order valence-electron chi connectivity index (χ3n) is 5.31. The highest BCUT2D eigenvalue weighted by atomic mass is 16.5. The van der Waals surface area contributed by atoms with Gasteiger partial charge in [-0.15, -0.1) is 0 Å². The summed E-state index contributed by atoms with van der Waals surface area (Å²) in [6, 6.07) is 15.4. The summed E-state index contributed by atoms with van der Waals surface area (Å²) in [5, 5.41) is 0. The normalized spacial score (nSPS) is 15.5. The summed E-state index contributed by atoms with van der Waals surface area (Å²) in [5.41, 5.74) is 11.3. The maximum atomic E-state index is 12.4. The molecule has 3 heterocycles. The van der Waals surface area contributed by atoms with Crippen LogP contribution in [0.15, 0.2) is 53.3 Å². The maximum Gasteiger partial charge on any atom is 0.250 e. The standard InChI is InChI=1S/C22H21N3O3/c23-15-5-4-14-10-18-17(2-1-3-20(18)28-21(14)11-15)19-12-16(13-22(26)24-19)25-6-8-27-9-7-25/h1-5,11-13H,6-10,23H2,(H,24,26). The van der Waals surface area contributed by atoms with Crippen LogP contribution in [0.4, 0.5) is 11.4 Å². The first-order valence-electron chi connectivity index (χ1n) is 9.43. The Morgan fingerprint density at radius 2 is 1.86 bits per heavy atom. The van der Waals surface area contributed by atoms with E-state index in [0.29, 0.717) is 18.9 Å². The number of aromatic amines is 1. The average Bonchev–Trinajstić information content (AvgIpc) is 2.72. The zero-order chi connectivity index (χ0) is 19.1. The van der Waals surface area contributed by atoms with Crippen LogP contribution in [-0.2, 0) is 11.2 Å². The quantitative estimate of drug-likeness (QED) is 0.526. The molecule has 0 amide bonds. The van der Waals surface area contributed by atoms with Gasteiger partial charge in [0.15, 0.2) is 0 Å². The number of rotatable bonds is 2. The van der Waals surface area contributed by atoms with Crippen molar-refractivity contribution in [2.24, 2.45) is 0 Å². The molecule has 3 N–H and O–H groups in total. The lowest BCUT2D eigenvalue weighted by Crippen LogP contribution is -2.36. The van der Waals surface area contributed by atoms with Crippen molar-refractivity contribution in [2.75, 3.05) is 36.9 Å². The van der Waals surface area contributed by atoms with E-state index < -0.39 is 0 Å². The Morgan fingerprint density at radius 3 is 2.71 bits per heavy atom. The smallest absolute Gasteiger partial charge is 0.250 e. The second-order valence-electron chi connectivity index (χ2n) is 7.14. The summed E-state index contributed by atoms with van der Waals surface area (Å²) in [6.45, 7) is 2.93. The van der Waals surface area contributed by atoms with E-state index in [9.17, 15) is 4.79 Å². The first-order valence-corrected chi connectivity index (χ1v) is 9.43. The minimum Gasteiger partial charge on any atom is -0.457 e. The summed E-state index contributed by atoms with van der Waals surface area (Å²) in [7, 11) is 0. The van der Waals surface area contributed by atoms with Crippen molar-refractivity contribution in [3.63, 3.8) is 0 Å². The number of aromatic nitrogens is 1. The number of H-pyrrole nitrogens is 1. The van der Waals surface area contributed by atoms with Gasteiger partial charge in [-0.2, -0.15) is 0 Å². The van der Waals surface area contributed by atoms with Crippen molar-refractivity contribution in [3.8, 4) is 22.8 Å². The Kier molecular flexibility index (Phi) is 4.06. The number of ether oxygens (including phenoxy) is 2. The molecule has 142 valence electrons. The van der Waals surface area contributed by atoms with E-state index in [4.69, 9.17) is 15.2 Å². The molecule has 3 aromatic rings. The SMILES string of the molecule is Nc1ccc2c(c1)Oc1cccc(-c3cc(N4CCOCC4)cc(=O)[nH]3)c1C2. The fourth-order valence-corrected chi connectivity index (χ4v) is 3.90. The summed E-state index contributed by atoms with van der Waals surface area (Å²) in [6.07, 6.45) is 0.727. The van der Waals surface area contributed by atoms with Gasteiger partial charge < -0.3 is 25.1 Å². The predicted octanol–water partition coefficient (Wildman–Crippen LogP) is 3.16. The van der Waals surface area contributed by atoms with Gasteiger partial charge in [-0.25, -0.2) is 0 Å². The van der Waals surface area contributed by atoms with Crippen molar-refractivity contribution in [3.05, 3.63) is 70.0 Å². The van der Waals surface area contributed by atoms with Crippen LogP contribution >= 0.6 is 0 Å². The van der Waals surface area contributed by atoms with E-state index in [0.717, 1.165) is 59.1 Å². The van der Waals surface area contributed by atoms with Crippen molar-refractivity contribution in [1.29, 1.82) is 0 Å². The van der Waals surface area contributed by atoms with Gasteiger partial charge >= 0.3 is 0 Å². The molecular formula is C22H21N3O3. The number of morpholine rings is 1. The molecule has 0 unspecified atom stereocenters. The number of nitrogens with two attached hydrogens (primary N) is 1. The van der Waals surface area contributed by atoms with Crippen LogP contribution in [0.1, 0.15) is 11.1 Å². The van der Waals surface area contributed by atoms with E-state index in [1.807, 2.05) is 42.5 Å². The Bertz CT molecular complexity index is 1100. The highest BCUT2D eigenvalue weighted by Crippen LogP contribution is 2.41. The van der Waals surface area contributed by atoms with Crippen LogP contribution in [0.2, 0.25) is 0 Å². The molecule has 0 radical (unpaired) electrons. The van der Waals surface area contributed by atoms with E-state index in [1.54, 1.807) is 6.07 Å². The number of anilines is 2. The lowest BCUT2D eigenvalue weighted by molar-refractivity contribution is 0.122. The van der Waals surface area contributed by atoms with Crippen molar-refractivity contribution >= 4 is 11.4 Å². The van der Waals surface area contributed by atoms with Crippen molar-refractivity contribution in [1.82, 2.24) is 4.98 Å². The first kappa shape index (κ1) is 16.9. The number of benzene rings is 2. The third kappa shape index (κ3) is 3.01. The fraction of sp³-hybridized carbons (Fsp3) is 0.227. The van der Waals surface area contributed by atoms with Crippen molar-refractivity contribution in [2.45, 2.75) is 6.42 Å². The van der Waals surface area contributed by atoms with Gasteiger partial charge in [0, 0.05) is 54.1 Å². The highest BCUT2D eigenvalue weighted by molar-refractivity contribution is 5.72. The predicted molar refractivity (Wildman–Crippen MR) is 109 cm³/mol. The molecule has 5 rings (SSSR count). The van der Waals surface area contributed by atoms with Gasteiger partial charge in [0.1, 0.15) is 11.5 Å². The van der Waals surface area contributed by atoms with E-state index in [-0.39, 0.29) is 5.56 Å². The molecule has 1 aromatic heterocycles. The van der Waals surface area contributed by atoms with Crippen LogP contribution in [0.25, 0.3) is 11.3 Å². The number of pyridine rings is 1. The summed E-state index contributed by atoms with van der Waals surface area (Å²) in [5.74, 6) is 1.59. The molecule has 0 bridgehead atoms. The topological polar surface area (TPSA) is 80.6 Å². The summed E-state index contributed by atoms with van der Waals surface area (Å²) < 4.78 is 11.5. The molecule has 6 heteroatoms. The minimum absolute atomic E-state index is 0.110. The highest BCUT2D eigenvalue weighted by Gasteiger charge is 2.21. The van der Waals surface area contributed by atoms with Gasteiger partial charge in [0.2, 0.25) is 5.56 Å². The monoisotopic (exact) mass is 375 g/mol. The molecule has 6 nitrogen and oxygen atoms in total. The molecule has 0 saturated carbocycles. The minimum atomic E-state index is -0.110. The third-order valence-corrected chi connectivity index (χ3v) is 5.31. The Balaban J connectivity index is 1.57. The van der Waals surface area contributed by atoms with Gasteiger partial charge in [0.25, 0.3) is 0 Å². The molecule has 0 spiro atoms. The second-order valence-corrected chi connectivity index (χ2v) is 7.14. The van der Waals surface area contributed by atoms with Gasteiger partial charge in [0.05, 0.1) is 18.9 Å². The van der Waals surface area contributed by atoms with Crippen LogP contribution in [0, 0.1) is 0 Å². The molecule has 2 aliphatic heterocycles. The Labute approximate surface area is 162 Å². The second kappa shape index (κ2) is 6.73. The van der Waals surface area contributed by atoms with Gasteiger partial charge in [-0.3, -0.25) is 4.79 Å². The summed E-state index contributed by atoms with van der Waals surface area (Å²) in [4.78, 5) is 17.6. The van der Waals surface area contributed by atoms with E-state index in [2.05, 4.69) is 9.88 Å². The van der Waals surface area contributed by atoms with Crippen LogP contribution in [0.5, 0.6) is 11.5 Å². The van der Waals surface area contributed by atoms with Crippen LogP contribution < -0.4 is 20.9 Å². The van der Waals surface area contributed by atoms with E-state index in [1.165, 1.54) is 0 Å². The molecule has 0 atom stereocenters. The largest absolute Gasteiger partial charge is 0.457 e. The van der Waals surface area contributed by atoms with Gasteiger partial charge in [-0.05, 0) is 23.8 Å². The van der Waals surface area contributed by atoms with Crippen LogP contribution in [-0.4, -0.2) is 31.3 Å². The number of nitrogen functional groups attached to an aromatic ring is 1. The number of hydrogen-bond donors (Lipinski definition) is 2. The number of hydrogen-bond acceptors (Lipinski definition) is 5. The molecule has 28 heavy (non-hydrogen) atoms. The molecule has 1 fully saturated rings. The Hall–Kier alpha value is -3.25. The lowest BCUT2D eigenvalue weighted by atomic mass is 9.94. The van der Waals surface area contributed by atoms with Crippen LogP contribution in [0.3, 0.4) is 0 Å². The zero-order valence-corrected chi connectivity index (χ0v) is 15.4. The molecule has 2 aliphatic rings. The summed E-state index contributed by atoms with van der Waals surface area (Å²) >= 11 is 0. The average molecular weight is 375 g/mol. The molecule has 1 saturated heterocycles. The van der Waals surface area contributed by atoms with Crippen molar-refractivity contribution < 1.29 is 9.47 Å². The molecule has 0 aliphatic carbocycles. The zero-order valence-electron chi connectivity index (χ0n) is 15.4. The lowest BCUT2D eigenvalue weighted by Gasteiger charge is -2.29. The number of fused-ring (bicyclic) bond motifs is 2. The van der Waals surface area contributed by atoms with E-state index >= 15 is 0 Å². The first-order chi connectivity index (χ1) is 13.7. The molecule has 2 aromatic carbocycles. The fourth-order valence-electron chi connectivity index (χ4n) is 3.90. The number of nitrogens with one attached hydrogen (secondary N) is 1. The molecular weight excluding hydrogens is 354 g/mol. The number of nitrogens with zero attached hydrogens (tertiary/aromatic N) is 1.